The monoisotopic (exact) mass is 416 g/mol. The van der Waals surface area contributed by atoms with E-state index in [0.717, 1.165) is 24.0 Å². The normalized spacial score (nSPS) is 11.8. The molecule has 0 unspecified atom stereocenters. The Bertz CT molecular complexity index is 995. The SMILES string of the molecule is CCCNC(=O)[C@H](C)N(CCc1ccccc1)C(=O)CCc1cccc2ccccc12. The molecule has 0 heterocycles. The molecule has 0 aromatic heterocycles. The van der Waals surface area contributed by atoms with Gasteiger partial charge >= 0.3 is 0 Å². The lowest BCUT2D eigenvalue weighted by Gasteiger charge is -2.29. The van der Waals surface area contributed by atoms with Gasteiger partial charge in [-0.3, -0.25) is 9.59 Å². The molecule has 0 aliphatic carbocycles. The summed E-state index contributed by atoms with van der Waals surface area (Å²) in [7, 11) is 0. The van der Waals surface area contributed by atoms with Crippen LogP contribution in [0.4, 0.5) is 0 Å². The summed E-state index contributed by atoms with van der Waals surface area (Å²) in [5.41, 5.74) is 2.33. The van der Waals surface area contributed by atoms with Gasteiger partial charge in [0.05, 0.1) is 0 Å². The number of benzene rings is 3. The minimum Gasteiger partial charge on any atom is -0.354 e. The Kier molecular flexibility index (Phi) is 8.22. The highest BCUT2D eigenvalue weighted by atomic mass is 16.2. The lowest BCUT2D eigenvalue weighted by molar-refractivity contribution is -0.139. The van der Waals surface area contributed by atoms with Gasteiger partial charge in [0.2, 0.25) is 11.8 Å². The van der Waals surface area contributed by atoms with Gasteiger partial charge < -0.3 is 10.2 Å². The molecule has 1 N–H and O–H groups in total. The van der Waals surface area contributed by atoms with Crippen LogP contribution in [0.15, 0.2) is 72.8 Å². The van der Waals surface area contributed by atoms with Crippen LogP contribution in [-0.2, 0) is 22.4 Å². The first-order chi connectivity index (χ1) is 15.1. The van der Waals surface area contributed by atoms with E-state index in [4.69, 9.17) is 0 Å². The zero-order valence-electron chi connectivity index (χ0n) is 18.5. The van der Waals surface area contributed by atoms with Crippen molar-refractivity contribution in [2.45, 2.75) is 45.6 Å². The summed E-state index contributed by atoms with van der Waals surface area (Å²) in [5.74, 6) is -0.0727. The molecule has 0 aliphatic heterocycles. The van der Waals surface area contributed by atoms with Crippen LogP contribution < -0.4 is 5.32 Å². The fourth-order valence-corrected chi connectivity index (χ4v) is 3.86. The third-order valence-electron chi connectivity index (χ3n) is 5.69. The largest absolute Gasteiger partial charge is 0.354 e. The molecule has 0 spiro atoms. The van der Waals surface area contributed by atoms with Crippen molar-refractivity contribution >= 4 is 22.6 Å². The summed E-state index contributed by atoms with van der Waals surface area (Å²) in [6.45, 7) is 5.00. The van der Waals surface area contributed by atoms with Crippen molar-refractivity contribution in [3.63, 3.8) is 0 Å². The molecule has 31 heavy (non-hydrogen) atoms. The summed E-state index contributed by atoms with van der Waals surface area (Å²) >= 11 is 0. The Morgan fingerprint density at radius 2 is 1.61 bits per heavy atom. The summed E-state index contributed by atoms with van der Waals surface area (Å²) in [4.78, 5) is 27.6. The van der Waals surface area contributed by atoms with Gasteiger partial charge in [-0.05, 0) is 48.1 Å². The highest BCUT2D eigenvalue weighted by Gasteiger charge is 2.25. The van der Waals surface area contributed by atoms with Gasteiger partial charge in [0.25, 0.3) is 0 Å². The minimum atomic E-state index is -0.490. The van der Waals surface area contributed by atoms with Gasteiger partial charge in [-0.25, -0.2) is 0 Å². The minimum absolute atomic E-state index is 0.0167. The number of nitrogens with one attached hydrogen (secondary N) is 1. The van der Waals surface area contributed by atoms with Crippen LogP contribution in [0.2, 0.25) is 0 Å². The molecule has 0 saturated carbocycles. The molecule has 0 bridgehead atoms. The lowest BCUT2D eigenvalue weighted by atomic mass is 10.0. The van der Waals surface area contributed by atoms with Crippen LogP contribution in [0.3, 0.4) is 0 Å². The van der Waals surface area contributed by atoms with E-state index < -0.39 is 6.04 Å². The van der Waals surface area contributed by atoms with Crippen LogP contribution in [0.25, 0.3) is 10.8 Å². The second-order valence-corrected chi connectivity index (χ2v) is 7.93. The first-order valence-corrected chi connectivity index (χ1v) is 11.2. The zero-order valence-corrected chi connectivity index (χ0v) is 18.5. The van der Waals surface area contributed by atoms with Gasteiger partial charge in [0.15, 0.2) is 0 Å². The number of nitrogens with zero attached hydrogens (tertiary/aromatic N) is 1. The number of carbonyl (C=O) groups is 2. The van der Waals surface area contributed by atoms with E-state index in [0.29, 0.717) is 25.9 Å². The fraction of sp³-hybridized carbons (Fsp3) is 0.333. The Morgan fingerprint density at radius 3 is 2.39 bits per heavy atom. The number of rotatable bonds is 10. The molecule has 4 nitrogen and oxygen atoms in total. The van der Waals surface area contributed by atoms with E-state index in [1.54, 1.807) is 4.90 Å². The average Bonchev–Trinajstić information content (AvgIpc) is 2.81. The number of hydrogen-bond acceptors (Lipinski definition) is 2. The standard InChI is InChI=1S/C27H32N2O2/c1-3-19-28-27(31)21(2)29(20-18-22-10-5-4-6-11-22)26(30)17-16-24-14-9-13-23-12-7-8-15-25(23)24/h4-15,21H,3,16-20H2,1-2H3,(H,28,31)/t21-/m0/s1. The lowest BCUT2D eigenvalue weighted by Crippen LogP contribution is -2.49. The fourth-order valence-electron chi connectivity index (χ4n) is 3.86. The van der Waals surface area contributed by atoms with Crippen molar-refractivity contribution in [2.75, 3.05) is 13.1 Å². The van der Waals surface area contributed by atoms with E-state index in [1.807, 2.05) is 50.2 Å². The van der Waals surface area contributed by atoms with Crippen LogP contribution in [0, 0.1) is 0 Å². The Morgan fingerprint density at radius 1 is 0.903 bits per heavy atom. The van der Waals surface area contributed by atoms with Crippen molar-refractivity contribution in [2.24, 2.45) is 0 Å². The number of amides is 2. The third kappa shape index (κ3) is 6.17. The molecule has 4 heteroatoms. The van der Waals surface area contributed by atoms with Gasteiger partial charge in [-0.15, -0.1) is 0 Å². The predicted octanol–water partition coefficient (Wildman–Crippen LogP) is 4.76. The van der Waals surface area contributed by atoms with Crippen molar-refractivity contribution in [1.82, 2.24) is 10.2 Å². The first kappa shape index (κ1) is 22.5. The van der Waals surface area contributed by atoms with Crippen molar-refractivity contribution in [3.8, 4) is 0 Å². The maximum atomic E-state index is 13.2. The highest BCUT2D eigenvalue weighted by molar-refractivity contribution is 5.88. The van der Waals surface area contributed by atoms with Crippen LogP contribution in [0.1, 0.15) is 37.8 Å². The second-order valence-electron chi connectivity index (χ2n) is 7.93. The van der Waals surface area contributed by atoms with Crippen LogP contribution >= 0.6 is 0 Å². The van der Waals surface area contributed by atoms with Crippen LogP contribution in [-0.4, -0.2) is 35.8 Å². The Labute approximate surface area is 185 Å². The van der Waals surface area contributed by atoms with E-state index in [-0.39, 0.29) is 11.8 Å². The molecule has 1 atom stereocenters. The number of fused-ring (bicyclic) bond motifs is 1. The second kappa shape index (κ2) is 11.3. The van der Waals surface area contributed by atoms with E-state index in [9.17, 15) is 9.59 Å². The van der Waals surface area contributed by atoms with Gasteiger partial charge in [-0.1, -0.05) is 79.7 Å². The van der Waals surface area contributed by atoms with Crippen molar-refractivity contribution in [1.29, 1.82) is 0 Å². The Balaban J connectivity index is 1.71. The quantitative estimate of drug-likeness (QED) is 0.518. The van der Waals surface area contributed by atoms with Crippen molar-refractivity contribution in [3.05, 3.63) is 83.9 Å². The summed E-state index contributed by atoms with van der Waals surface area (Å²) in [5, 5.41) is 5.29. The third-order valence-corrected chi connectivity index (χ3v) is 5.69. The van der Waals surface area contributed by atoms with Gasteiger partial charge in [0, 0.05) is 19.5 Å². The first-order valence-electron chi connectivity index (χ1n) is 11.2. The van der Waals surface area contributed by atoms with E-state index in [1.165, 1.54) is 10.8 Å². The summed E-state index contributed by atoms with van der Waals surface area (Å²) in [6, 6.07) is 24.1. The van der Waals surface area contributed by atoms with E-state index >= 15 is 0 Å². The number of aryl methyl sites for hydroxylation is 1. The average molecular weight is 417 g/mol. The Hall–Kier alpha value is -3.14. The van der Waals surface area contributed by atoms with E-state index in [2.05, 4.69) is 41.7 Å². The van der Waals surface area contributed by atoms with Gasteiger partial charge in [0.1, 0.15) is 6.04 Å². The van der Waals surface area contributed by atoms with Crippen LogP contribution in [0.5, 0.6) is 0 Å². The maximum absolute atomic E-state index is 13.2. The molecule has 0 aliphatic rings. The molecule has 0 fully saturated rings. The maximum Gasteiger partial charge on any atom is 0.242 e. The molecular weight excluding hydrogens is 384 g/mol. The smallest absolute Gasteiger partial charge is 0.242 e. The van der Waals surface area contributed by atoms with Gasteiger partial charge in [-0.2, -0.15) is 0 Å². The highest BCUT2D eigenvalue weighted by Crippen LogP contribution is 2.20. The molecule has 162 valence electrons. The predicted molar refractivity (Wildman–Crippen MR) is 127 cm³/mol. The van der Waals surface area contributed by atoms with Crippen molar-refractivity contribution < 1.29 is 9.59 Å². The molecular formula is C27H32N2O2. The summed E-state index contributed by atoms with van der Waals surface area (Å²) in [6.07, 6.45) is 2.64. The topological polar surface area (TPSA) is 49.4 Å². The number of carbonyl (C=O) groups excluding carboxylic acids is 2. The molecule has 0 radical (unpaired) electrons. The zero-order chi connectivity index (χ0) is 22.1. The number of hydrogen-bond donors (Lipinski definition) is 1. The summed E-state index contributed by atoms with van der Waals surface area (Å²) < 4.78 is 0. The molecule has 3 aromatic rings. The molecule has 3 rings (SSSR count). The molecule has 0 saturated heterocycles. The molecule has 3 aromatic carbocycles. The molecule has 2 amide bonds.